The van der Waals surface area contributed by atoms with Crippen LogP contribution in [0.2, 0.25) is 0 Å². The van der Waals surface area contributed by atoms with E-state index >= 15 is 0 Å². The summed E-state index contributed by atoms with van der Waals surface area (Å²) < 4.78 is 2.87. The van der Waals surface area contributed by atoms with Gasteiger partial charge in [0.05, 0.1) is 0 Å². The van der Waals surface area contributed by atoms with E-state index in [9.17, 15) is 9.59 Å². The Balaban J connectivity index is 1.98. The van der Waals surface area contributed by atoms with Crippen molar-refractivity contribution in [3.63, 3.8) is 0 Å². The predicted molar refractivity (Wildman–Crippen MR) is 75.6 cm³/mol. The van der Waals surface area contributed by atoms with Crippen molar-refractivity contribution in [3.8, 4) is 0 Å². The van der Waals surface area contributed by atoms with Crippen molar-refractivity contribution >= 4 is 0 Å². The average molecular weight is 265 g/mol. The molecule has 5 heteroatoms. The largest absolute Gasteiger partial charge is 0.330 e. The fraction of sp³-hybridized carbons (Fsp3) is 0.714. The molecular weight excluding hydrogens is 242 g/mol. The molecule has 1 aromatic heterocycles. The first-order chi connectivity index (χ1) is 9.09. The van der Waals surface area contributed by atoms with Crippen molar-refractivity contribution in [2.75, 3.05) is 19.6 Å². The number of nitrogens with zero attached hydrogens (tertiary/aromatic N) is 3. The Bertz CT molecular complexity index is 539. The molecule has 1 fully saturated rings. The molecule has 0 N–H and O–H groups in total. The highest BCUT2D eigenvalue weighted by molar-refractivity contribution is 4.99. The van der Waals surface area contributed by atoms with Gasteiger partial charge >= 0.3 is 5.69 Å². The average Bonchev–Trinajstić information content (AvgIpc) is 2.41. The molecule has 0 unspecified atom stereocenters. The van der Waals surface area contributed by atoms with E-state index in [2.05, 4.69) is 4.90 Å². The van der Waals surface area contributed by atoms with E-state index in [0.717, 1.165) is 18.7 Å². The molecule has 0 radical (unpaired) electrons. The summed E-state index contributed by atoms with van der Waals surface area (Å²) in [5, 5.41) is 0. The minimum Gasteiger partial charge on any atom is -0.303 e. The highest BCUT2D eigenvalue weighted by Gasteiger charge is 2.10. The van der Waals surface area contributed by atoms with Crippen LogP contribution in [0.4, 0.5) is 0 Å². The molecule has 19 heavy (non-hydrogen) atoms. The number of hydrogen-bond acceptors (Lipinski definition) is 3. The van der Waals surface area contributed by atoms with Gasteiger partial charge in [0.1, 0.15) is 0 Å². The van der Waals surface area contributed by atoms with Crippen LogP contribution in [0, 0.1) is 6.92 Å². The van der Waals surface area contributed by atoms with Crippen LogP contribution in [0.1, 0.15) is 31.4 Å². The molecule has 0 atom stereocenters. The third-order valence-electron chi connectivity index (χ3n) is 3.91. The standard InChI is InChI=1S/C14H23N3O2/c1-12-11-13(18)15(2)14(19)17(12)10-6-9-16-7-4-3-5-8-16/h11H,3-10H2,1-2H3. The molecule has 2 rings (SSSR count). The van der Waals surface area contributed by atoms with E-state index in [1.54, 1.807) is 4.57 Å². The zero-order valence-corrected chi connectivity index (χ0v) is 11.9. The maximum atomic E-state index is 12.0. The maximum Gasteiger partial charge on any atom is 0.330 e. The van der Waals surface area contributed by atoms with Crippen molar-refractivity contribution in [1.82, 2.24) is 14.0 Å². The smallest absolute Gasteiger partial charge is 0.303 e. The summed E-state index contributed by atoms with van der Waals surface area (Å²) in [7, 11) is 1.53. The lowest BCUT2D eigenvalue weighted by atomic mass is 10.1. The second-order valence-corrected chi connectivity index (χ2v) is 5.37. The van der Waals surface area contributed by atoms with Gasteiger partial charge in [0, 0.05) is 25.4 Å². The number of aromatic nitrogens is 2. The molecule has 2 heterocycles. The van der Waals surface area contributed by atoms with Gasteiger partial charge < -0.3 is 4.90 Å². The Hall–Kier alpha value is -1.36. The van der Waals surface area contributed by atoms with Crippen molar-refractivity contribution in [1.29, 1.82) is 0 Å². The Morgan fingerprint density at radius 1 is 1.11 bits per heavy atom. The fourth-order valence-corrected chi connectivity index (χ4v) is 2.69. The van der Waals surface area contributed by atoms with E-state index < -0.39 is 0 Å². The van der Waals surface area contributed by atoms with Crippen LogP contribution in [0.3, 0.4) is 0 Å². The summed E-state index contributed by atoms with van der Waals surface area (Å²) in [5.41, 5.74) is 0.324. The fourth-order valence-electron chi connectivity index (χ4n) is 2.69. The molecule has 1 aliphatic rings. The van der Waals surface area contributed by atoms with E-state index in [1.165, 1.54) is 50.0 Å². The topological polar surface area (TPSA) is 47.2 Å². The van der Waals surface area contributed by atoms with Crippen LogP contribution in [-0.4, -0.2) is 33.7 Å². The highest BCUT2D eigenvalue weighted by atomic mass is 16.2. The van der Waals surface area contributed by atoms with Gasteiger partial charge in [0.25, 0.3) is 5.56 Å². The Morgan fingerprint density at radius 2 is 1.79 bits per heavy atom. The molecule has 1 saturated heterocycles. The van der Waals surface area contributed by atoms with Crippen molar-refractivity contribution < 1.29 is 0 Å². The molecule has 0 spiro atoms. The van der Waals surface area contributed by atoms with Gasteiger partial charge in [-0.3, -0.25) is 13.9 Å². The van der Waals surface area contributed by atoms with E-state index in [4.69, 9.17) is 0 Å². The van der Waals surface area contributed by atoms with E-state index in [0.29, 0.717) is 6.54 Å². The number of likely N-dealkylation sites (tertiary alicyclic amines) is 1. The number of aryl methyl sites for hydroxylation is 1. The Kier molecular flexibility index (Phi) is 4.58. The normalized spacial score (nSPS) is 16.7. The summed E-state index contributed by atoms with van der Waals surface area (Å²) in [5.74, 6) is 0. The van der Waals surface area contributed by atoms with Crippen LogP contribution in [0.15, 0.2) is 15.7 Å². The van der Waals surface area contributed by atoms with Gasteiger partial charge in [-0.05, 0) is 45.8 Å². The molecule has 1 aliphatic heterocycles. The van der Waals surface area contributed by atoms with Gasteiger partial charge in [-0.2, -0.15) is 0 Å². The third kappa shape index (κ3) is 3.35. The van der Waals surface area contributed by atoms with E-state index in [1.807, 2.05) is 6.92 Å². The second-order valence-electron chi connectivity index (χ2n) is 5.37. The summed E-state index contributed by atoms with van der Waals surface area (Å²) in [6.45, 7) is 5.91. The van der Waals surface area contributed by atoms with Gasteiger partial charge in [-0.15, -0.1) is 0 Å². The Morgan fingerprint density at radius 3 is 2.47 bits per heavy atom. The quantitative estimate of drug-likeness (QED) is 0.806. The summed E-state index contributed by atoms with van der Waals surface area (Å²) in [6.07, 6.45) is 4.88. The molecular formula is C14H23N3O2. The second kappa shape index (κ2) is 6.19. The minimum absolute atomic E-state index is 0.205. The number of piperidine rings is 1. The molecule has 0 bridgehead atoms. The zero-order valence-electron chi connectivity index (χ0n) is 11.9. The summed E-state index contributed by atoms with van der Waals surface area (Å²) >= 11 is 0. The lowest BCUT2D eigenvalue weighted by Crippen LogP contribution is -2.39. The summed E-state index contributed by atoms with van der Waals surface area (Å²) in [6, 6.07) is 1.53. The maximum absolute atomic E-state index is 12.0. The van der Waals surface area contributed by atoms with Crippen LogP contribution in [0.5, 0.6) is 0 Å². The van der Waals surface area contributed by atoms with E-state index in [-0.39, 0.29) is 11.2 Å². The first-order valence-electron chi connectivity index (χ1n) is 7.09. The van der Waals surface area contributed by atoms with Crippen molar-refractivity contribution in [3.05, 3.63) is 32.6 Å². The van der Waals surface area contributed by atoms with Crippen molar-refractivity contribution in [2.45, 2.75) is 39.2 Å². The van der Waals surface area contributed by atoms with Gasteiger partial charge in [0.2, 0.25) is 0 Å². The molecule has 0 aliphatic carbocycles. The SMILES string of the molecule is Cc1cc(=O)n(C)c(=O)n1CCCN1CCCCC1. The van der Waals surface area contributed by atoms with Gasteiger partial charge in [-0.1, -0.05) is 6.42 Å². The lowest BCUT2D eigenvalue weighted by Gasteiger charge is -2.26. The van der Waals surface area contributed by atoms with Gasteiger partial charge in [-0.25, -0.2) is 4.79 Å². The minimum atomic E-state index is -0.227. The first-order valence-corrected chi connectivity index (χ1v) is 7.09. The lowest BCUT2D eigenvalue weighted by molar-refractivity contribution is 0.222. The molecule has 0 aromatic carbocycles. The molecule has 5 nitrogen and oxygen atoms in total. The van der Waals surface area contributed by atoms with Crippen LogP contribution < -0.4 is 11.2 Å². The summed E-state index contributed by atoms with van der Waals surface area (Å²) in [4.78, 5) is 25.9. The first kappa shape index (κ1) is 14.1. The number of rotatable bonds is 4. The van der Waals surface area contributed by atoms with Crippen molar-refractivity contribution in [2.24, 2.45) is 7.05 Å². The molecule has 106 valence electrons. The molecule has 0 saturated carbocycles. The molecule has 1 aromatic rings. The number of hydrogen-bond donors (Lipinski definition) is 0. The third-order valence-corrected chi connectivity index (χ3v) is 3.91. The van der Waals surface area contributed by atoms with Gasteiger partial charge in [0.15, 0.2) is 0 Å². The Labute approximate surface area is 113 Å². The molecule has 0 amide bonds. The predicted octanol–water partition coefficient (Wildman–Crippen LogP) is 0.731. The highest BCUT2D eigenvalue weighted by Crippen LogP contribution is 2.08. The van der Waals surface area contributed by atoms with Crippen LogP contribution in [0.25, 0.3) is 0 Å². The zero-order chi connectivity index (χ0) is 13.8. The monoisotopic (exact) mass is 265 g/mol. The van der Waals surface area contributed by atoms with Crippen LogP contribution >= 0.6 is 0 Å². The van der Waals surface area contributed by atoms with Crippen LogP contribution in [-0.2, 0) is 13.6 Å².